The van der Waals surface area contributed by atoms with Gasteiger partial charge in [0, 0.05) is 18.1 Å². The molecule has 120 valence electrons. The Bertz CT molecular complexity index is 691. The Balaban J connectivity index is 1.50. The van der Waals surface area contributed by atoms with Crippen LogP contribution in [0.3, 0.4) is 0 Å². The van der Waals surface area contributed by atoms with Crippen LogP contribution in [-0.4, -0.2) is 45.4 Å². The average Bonchev–Trinajstić information content (AvgIpc) is 3.20. The summed E-state index contributed by atoms with van der Waals surface area (Å²) in [6.45, 7) is 1.84. The maximum atomic E-state index is 11.8. The second kappa shape index (κ2) is 7.19. The van der Waals surface area contributed by atoms with Crippen molar-refractivity contribution in [3.05, 3.63) is 34.9 Å². The molecule has 8 nitrogen and oxygen atoms in total. The van der Waals surface area contributed by atoms with Gasteiger partial charge in [0.1, 0.15) is 6.54 Å². The number of nitrogens with one attached hydrogen (secondary N) is 1. The van der Waals surface area contributed by atoms with Crippen LogP contribution in [0.5, 0.6) is 0 Å². The van der Waals surface area contributed by atoms with Crippen molar-refractivity contribution in [3.63, 3.8) is 0 Å². The molecule has 2 heterocycles. The number of benzene rings is 1. The number of hydrogen-bond acceptors (Lipinski definition) is 6. The van der Waals surface area contributed by atoms with Crippen molar-refractivity contribution in [2.75, 3.05) is 18.0 Å². The molecule has 1 aromatic carbocycles. The first-order valence-corrected chi connectivity index (χ1v) is 7.69. The van der Waals surface area contributed by atoms with E-state index in [0.29, 0.717) is 11.0 Å². The van der Waals surface area contributed by atoms with Crippen LogP contribution in [0.2, 0.25) is 5.02 Å². The number of carbonyl (C=O) groups is 1. The average molecular weight is 334 g/mol. The minimum Gasteiger partial charge on any atom is -0.338 e. The molecule has 0 radical (unpaired) electrons. The number of amides is 1. The summed E-state index contributed by atoms with van der Waals surface area (Å²) in [7, 11) is 0. The molecule has 1 fully saturated rings. The molecule has 23 heavy (non-hydrogen) atoms. The highest BCUT2D eigenvalue weighted by molar-refractivity contribution is 6.30. The number of rotatable bonds is 5. The van der Waals surface area contributed by atoms with E-state index in [1.165, 1.54) is 4.80 Å². The first kappa shape index (κ1) is 15.4. The minimum atomic E-state index is -0.319. The predicted octanol–water partition coefficient (Wildman–Crippen LogP) is 1.08. The lowest BCUT2D eigenvalue weighted by Gasteiger charge is -2.09. The normalized spacial score (nSPS) is 14.6. The smallest absolute Gasteiger partial charge is 0.266 e. The number of anilines is 1. The van der Waals surface area contributed by atoms with Gasteiger partial charge >= 0.3 is 0 Å². The Morgan fingerprint density at radius 3 is 2.78 bits per heavy atom. The van der Waals surface area contributed by atoms with E-state index in [-0.39, 0.29) is 12.5 Å². The van der Waals surface area contributed by atoms with Crippen LogP contribution in [0.15, 0.2) is 29.4 Å². The summed E-state index contributed by atoms with van der Waals surface area (Å²) in [4.78, 5) is 15.1. The monoisotopic (exact) mass is 333 g/mol. The topological polar surface area (TPSA) is 88.3 Å². The maximum absolute atomic E-state index is 11.8. The summed E-state index contributed by atoms with van der Waals surface area (Å²) < 4.78 is 0. The maximum Gasteiger partial charge on any atom is 0.266 e. The number of tetrazole rings is 1. The van der Waals surface area contributed by atoms with Gasteiger partial charge in [-0.05, 0) is 35.8 Å². The van der Waals surface area contributed by atoms with Crippen LogP contribution in [-0.2, 0) is 11.3 Å². The van der Waals surface area contributed by atoms with Gasteiger partial charge in [0.05, 0.1) is 6.21 Å². The van der Waals surface area contributed by atoms with Crippen LogP contribution >= 0.6 is 11.6 Å². The Morgan fingerprint density at radius 2 is 2.04 bits per heavy atom. The van der Waals surface area contributed by atoms with Crippen molar-refractivity contribution < 1.29 is 4.79 Å². The molecule has 1 saturated heterocycles. The van der Waals surface area contributed by atoms with Crippen molar-refractivity contribution in [2.24, 2.45) is 5.10 Å². The molecule has 9 heteroatoms. The molecule has 0 bridgehead atoms. The van der Waals surface area contributed by atoms with Crippen molar-refractivity contribution >= 4 is 29.7 Å². The molecular formula is C14H16ClN7O. The molecule has 0 aliphatic carbocycles. The van der Waals surface area contributed by atoms with E-state index >= 15 is 0 Å². The highest BCUT2D eigenvalue weighted by Gasteiger charge is 2.17. The van der Waals surface area contributed by atoms with Crippen molar-refractivity contribution in [1.82, 2.24) is 25.6 Å². The predicted molar refractivity (Wildman–Crippen MR) is 86.5 cm³/mol. The van der Waals surface area contributed by atoms with Crippen LogP contribution in [0.4, 0.5) is 5.95 Å². The van der Waals surface area contributed by atoms with Gasteiger partial charge in [0.15, 0.2) is 0 Å². The molecule has 0 atom stereocenters. The van der Waals surface area contributed by atoms with Gasteiger partial charge in [0.25, 0.3) is 11.9 Å². The fraction of sp³-hybridized carbons (Fsp3) is 0.357. The van der Waals surface area contributed by atoms with Gasteiger partial charge in [-0.3, -0.25) is 4.79 Å². The van der Waals surface area contributed by atoms with Crippen LogP contribution in [0, 0.1) is 0 Å². The summed E-state index contributed by atoms with van der Waals surface area (Å²) in [5, 5.41) is 16.6. The fourth-order valence-corrected chi connectivity index (χ4v) is 2.36. The van der Waals surface area contributed by atoms with E-state index in [1.807, 2.05) is 0 Å². The lowest BCUT2D eigenvalue weighted by molar-refractivity contribution is -0.122. The van der Waals surface area contributed by atoms with Crippen molar-refractivity contribution in [3.8, 4) is 0 Å². The van der Waals surface area contributed by atoms with E-state index in [4.69, 9.17) is 11.6 Å². The lowest BCUT2D eigenvalue weighted by atomic mass is 10.2. The van der Waals surface area contributed by atoms with Gasteiger partial charge in [-0.2, -0.15) is 9.90 Å². The number of halogens is 1. The van der Waals surface area contributed by atoms with E-state index < -0.39 is 0 Å². The summed E-state index contributed by atoms with van der Waals surface area (Å²) in [6, 6.07) is 7.12. The van der Waals surface area contributed by atoms with Crippen LogP contribution < -0.4 is 10.3 Å². The highest BCUT2D eigenvalue weighted by atomic mass is 35.5. The Kier molecular flexibility index (Phi) is 4.82. The van der Waals surface area contributed by atoms with Gasteiger partial charge in [-0.15, -0.1) is 5.10 Å². The summed E-state index contributed by atoms with van der Waals surface area (Å²) >= 11 is 5.80. The van der Waals surface area contributed by atoms with Gasteiger partial charge < -0.3 is 4.90 Å². The third kappa shape index (κ3) is 4.26. The Hall–Kier alpha value is -2.48. The number of carbonyl (C=O) groups excluding carboxylic acids is 1. The third-order valence-corrected chi connectivity index (χ3v) is 3.64. The highest BCUT2D eigenvalue weighted by Crippen LogP contribution is 2.13. The zero-order valence-corrected chi connectivity index (χ0v) is 13.1. The van der Waals surface area contributed by atoms with E-state index in [1.54, 1.807) is 30.5 Å². The van der Waals surface area contributed by atoms with Gasteiger partial charge in [-0.1, -0.05) is 28.8 Å². The van der Waals surface area contributed by atoms with Gasteiger partial charge in [0.2, 0.25) is 0 Å². The zero-order chi connectivity index (χ0) is 16.1. The Morgan fingerprint density at radius 1 is 1.30 bits per heavy atom. The first-order chi connectivity index (χ1) is 11.2. The van der Waals surface area contributed by atoms with E-state index in [9.17, 15) is 4.79 Å². The molecule has 1 amide bonds. The second-order valence-corrected chi connectivity index (χ2v) is 5.60. The molecule has 1 aliphatic rings. The summed E-state index contributed by atoms with van der Waals surface area (Å²) in [5.41, 5.74) is 3.27. The number of hydrazone groups is 1. The van der Waals surface area contributed by atoms with Crippen molar-refractivity contribution in [2.45, 2.75) is 19.4 Å². The molecule has 0 unspecified atom stereocenters. The summed E-state index contributed by atoms with van der Waals surface area (Å²) in [5.74, 6) is 0.251. The fourth-order valence-electron chi connectivity index (χ4n) is 2.24. The second-order valence-electron chi connectivity index (χ2n) is 5.16. The third-order valence-electron chi connectivity index (χ3n) is 3.39. The molecule has 0 saturated carbocycles. The SMILES string of the molecule is O=C(Cn1nnc(N2CCCC2)n1)N/N=C/c1ccc(Cl)cc1. The van der Waals surface area contributed by atoms with Gasteiger partial charge in [-0.25, -0.2) is 5.43 Å². The Labute approximate surface area is 138 Å². The van der Waals surface area contributed by atoms with Crippen LogP contribution in [0.25, 0.3) is 0 Å². The molecular weight excluding hydrogens is 318 g/mol. The molecule has 2 aromatic rings. The first-order valence-electron chi connectivity index (χ1n) is 7.31. The minimum absolute atomic E-state index is 0.0290. The quantitative estimate of drug-likeness (QED) is 0.653. The lowest BCUT2D eigenvalue weighted by Crippen LogP contribution is -2.25. The molecule has 3 rings (SSSR count). The standard InChI is InChI=1S/C14H16ClN7O/c15-12-5-3-11(4-6-12)9-16-17-13(23)10-22-19-14(18-20-22)21-7-1-2-8-21/h3-6,9H,1-2,7-8,10H2,(H,17,23)/b16-9+. The molecule has 0 spiro atoms. The van der Waals surface area contributed by atoms with Crippen LogP contribution in [0.1, 0.15) is 18.4 Å². The molecule has 1 aliphatic heterocycles. The zero-order valence-electron chi connectivity index (χ0n) is 12.4. The largest absolute Gasteiger partial charge is 0.338 e. The van der Waals surface area contributed by atoms with E-state index in [0.717, 1.165) is 31.5 Å². The molecule has 1 N–H and O–H groups in total. The molecule has 1 aromatic heterocycles. The number of nitrogens with zero attached hydrogens (tertiary/aromatic N) is 6. The van der Waals surface area contributed by atoms with Crippen molar-refractivity contribution in [1.29, 1.82) is 0 Å². The number of aromatic nitrogens is 4. The number of hydrogen-bond donors (Lipinski definition) is 1. The van der Waals surface area contributed by atoms with E-state index in [2.05, 4.69) is 30.8 Å². The summed E-state index contributed by atoms with van der Waals surface area (Å²) in [6.07, 6.45) is 3.81.